The fourth-order valence-electron chi connectivity index (χ4n) is 10.1. The monoisotopic (exact) mass is 518 g/mol. The highest BCUT2D eigenvalue weighted by Gasteiger charge is 2.71. The molecule has 0 aliphatic heterocycles. The maximum absolute atomic E-state index is 14.4. The van der Waals surface area contributed by atoms with E-state index in [1.807, 2.05) is 6.08 Å². The summed E-state index contributed by atoms with van der Waals surface area (Å²) < 4.78 is 5.40. The molecule has 0 bridgehead atoms. The Kier molecular flexibility index (Phi) is 5.69. The molecule has 3 saturated carbocycles. The van der Waals surface area contributed by atoms with Gasteiger partial charge in [0.25, 0.3) is 0 Å². The van der Waals surface area contributed by atoms with Gasteiger partial charge in [0.05, 0.1) is 23.5 Å². The van der Waals surface area contributed by atoms with Crippen LogP contribution in [-0.2, 0) is 19.1 Å². The van der Waals surface area contributed by atoms with E-state index in [1.54, 1.807) is 13.0 Å². The Hall–Kier alpha value is -2.55. The first kappa shape index (κ1) is 27.0. The maximum atomic E-state index is 14.4. The number of nitrogens with one attached hydrogen (secondary N) is 1. The smallest absolute Gasteiger partial charge is 0.312 e. The number of esters is 1. The highest BCUT2D eigenvalue weighted by atomic mass is 16.5. The minimum absolute atomic E-state index is 0.0369. The van der Waals surface area contributed by atoms with Crippen molar-refractivity contribution in [3.05, 3.63) is 23.3 Å². The van der Waals surface area contributed by atoms with Crippen LogP contribution in [0.1, 0.15) is 86.5 Å². The van der Waals surface area contributed by atoms with Crippen LogP contribution in [0.2, 0.25) is 0 Å². The number of fused-ring (bicyclic) bond motifs is 7. The van der Waals surface area contributed by atoms with E-state index >= 15 is 0 Å². The van der Waals surface area contributed by atoms with Gasteiger partial charge < -0.3 is 10.1 Å². The summed E-state index contributed by atoms with van der Waals surface area (Å²) in [5.74, 6) is -0.971. The molecule has 0 spiro atoms. The second kappa shape index (κ2) is 7.99. The molecule has 5 aliphatic rings. The van der Waals surface area contributed by atoms with Crippen LogP contribution in [0, 0.1) is 67.0 Å². The predicted molar refractivity (Wildman–Crippen MR) is 144 cm³/mol. The van der Waals surface area contributed by atoms with Gasteiger partial charge in [-0.1, -0.05) is 46.3 Å². The van der Waals surface area contributed by atoms with Crippen molar-refractivity contribution in [2.24, 2.45) is 50.2 Å². The number of Topliss-reactive ketones (excluding diaryl/α,β-unsaturated/α-hetero) is 1. The van der Waals surface area contributed by atoms with Crippen LogP contribution in [0.5, 0.6) is 0 Å². The molecule has 1 unspecified atom stereocenters. The van der Waals surface area contributed by atoms with Crippen LogP contribution >= 0.6 is 0 Å². The molecule has 0 aromatic carbocycles. The molecule has 0 saturated heterocycles. The second-order valence-electron chi connectivity index (χ2n) is 14.6. The first-order valence-corrected chi connectivity index (χ1v) is 14.1. The van der Waals surface area contributed by atoms with Crippen molar-refractivity contribution >= 4 is 23.8 Å². The Morgan fingerprint density at radius 2 is 1.74 bits per heavy atom. The maximum Gasteiger partial charge on any atom is 0.312 e. The summed E-state index contributed by atoms with van der Waals surface area (Å²) in [5, 5.41) is 18.1. The molecule has 0 aromatic heterocycles. The molecule has 5 aliphatic carbocycles. The Balaban J connectivity index is 1.71. The molecule has 5 rings (SSSR count). The molecular weight excluding hydrogens is 476 g/mol. The number of hydrogen-bond acceptors (Lipinski definition) is 6. The van der Waals surface area contributed by atoms with Gasteiger partial charge in [0.2, 0.25) is 0 Å². The zero-order valence-corrected chi connectivity index (χ0v) is 24.0. The Morgan fingerprint density at radius 1 is 1.08 bits per heavy atom. The van der Waals surface area contributed by atoms with Crippen molar-refractivity contribution in [2.45, 2.75) is 86.5 Å². The molecule has 0 amide bonds. The standard InChI is InChI=1S/C32H42N2O4/c1-27(2)10-12-32(26(37)38-7)13-11-31(6)24(20(32)16-27)21(35)14-23-28(3)15-19(17-33)25(36)29(4,18-34)22(28)8-9-30(23,31)5/h14-15,18,20,22,24,34H,8-13,16H2,1-7H3/t20-,22?,24-,28-,29-,30+,31+,32-/m0/s1. The van der Waals surface area contributed by atoms with E-state index in [0.29, 0.717) is 6.42 Å². The number of nitriles is 1. The molecule has 38 heavy (non-hydrogen) atoms. The molecular formula is C32H42N2O4. The molecule has 6 heteroatoms. The highest BCUT2D eigenvalue weighted by molar-refractivity contribution is 6.12. The van der Waals surface area contributed by atoms with E-state index < -0.39 is 16.2 Å². The number of methoxy groups -OCH3 is 1. The normalized spacial score (nSPS) is 47.2. The van der Waals surface area contributed by atoms with Gasteiger partial charge in [-0.25, -0.2) is 0 Å². The average Bonchev–Trinajstić information content (AvgIpc) is 2.86. The number of ketones is 2. The highest BCUT2D eigenvalue weighted by Crippen LogP contribution is 2.74. The number of carbonyl (C=O) groups excluding carboxylic acids is 3. The summed E-state index contributed by atoms with van der Waals surface area (Å²) >= 11 is 0. The lowest BCUT2D eigenvalue weighted by Gasteiger charge is -2.68. The van der Waals surface area contributed by atoms with Crippen LogP contribution in [0.3, 0.4) is 0 Å². The van der Waals surface area contributed by atoms with Gasteiger partial charge in [0.15, 0.2) is 11.6 Å². The van der Waals surface area contributed by atoms with E-state index in [1.165, 1.54) is 13.3 Å². The van der Waals surface area contributed by atoms with Crippen molar-refractivity contribution < 1.29 is 19.1 Å². The quantitative estimate of drug-likeness (QED) is 0.356. The average molecular weight is 519 g/mol. The zero-order valence-electron chi connectivity index (χ0n) is 24.0. The molecule has 0 radical (unpaired) electrons. The van der Waals surface area contributed by atoms with Crippen LogP contribution in [0.4, 0.5) is 0 Å². The third kappa shape index (κ3) is 3.05. The molecule has 204 valence electrons. The summed E-state index contributed by atoms with van der Waals surface area (Å²) in [6.45, 7) is 12.9. The molecule has 1 N–H and O–H groups in total. The number of allylic oxidation sites excluding steroid dienone is 4. The first-order chi connectivity index (χ1) is 17.6. The van der Waals surface area contributed by atoms with Crippen LogP contribution < -0.4 is 0 Å². The summed E-state index contributed by atoms with van der Waals surface area (Å²) in [6.07, 6.45) is 10.3. The van der Waals surface area contributed by atoms with Gasteiger partial charge >= 0.3 is 5.97 Å². The lowest BCUT2D eigenvalue weighted by Crippen LogP contribution is -2.66. The van der Waals surface area contributed by atoms with E-state index in [2.05, 4.69) is 40.7 Å². The Bertz CT molecular complexity index is 1250. The summed E-state index contributed by atoms with van der Waals surface area (Å²) in [7, 11) is 1.47. The largest absolute Gasteiger partial charge is 0.469 e. The van der Waals surface area contributed by atoms with Gasteiger partial charge in [-0.05, 0) is 86.0 Å². The second-order valence-corrected chi connectivity index (χ2v) is 14.6. The van der Waals surface area contributed by atoms with Gasteiger partial charge in [-0.3, -0.25) is 14.4 Å². The summed E-state index contributed by atoms with van der Waals surface area (Å²) in [5.41, 5.74) is -2.00. The lowest BCUT2D eigenvalue weighted by atomic mass is 9.34. The predicted octanol–water partition coefficient (Wildman–Crippen LogP) is 6.01. The third-order valence-electron chi connectivity index (χ3n) is 12.5. The van der Waals surface area contributed by atoms with Gasteiger partial charge in [0.1, 0.15) is 6.07 Å². The van der Waals surface area contributed by atoms with Crippen LogP contribution in [0.15, 0.2) is 23.3 Å². The van der Waals surface area contributed by atoms with E-state index in [4.69, 9.17) is 10.1 Å². The minimum atomic E-state index is -1.09. The Labute approximate surface area is 226 Å². The number of carbonyl (C=O) groups is 3. The third-order valence-corrected chi connectivity index (χ3v) is 12.5. The van der Waals surface area contributed by atoms with E-state index in [-0.39, 0.29) is 57.1 Å². The van der Waals surface area contributed by atoms with Crippen molar-refractivity contribution in [3.8, 4) is 6.07 Å². The number of rotatable bonds is 2. The fraction of sp³-hybridized carbons (Fsp3) is 0.719. The first-order valence-electron chi connectivity index (χ1n) is 14.1. The minimum Gasteiger partial charge on any atom is -0.469 e. The number of ether oxygens (including phenoxy) is 1. The Morgan fingerprint density at radius 3 is 2.34 bits per heavy atom. The van der Waals surface area contributed by atoms with Crippen molar-refractivity contribution in [1.82, 2.24) is 0 Å². The fourth-order valence-corrected chi connectivity index (χ4v) is 10.1. The molecule has 6 nitrogen and oxygen atoms in total. The molecule has 3 fully saturated rings. The van der Waals surface area contributed by atoms with Gasteiger partial charge in [0, 0.05) is 17.5 Å². The molecule has 8 atom stereocenters. The van der Waals surface area contributed by atoms with Crippen molar-refractivity contribution in [1.29, 1.82) is 10.7 Å². The molecule has 0 aromatic rings. The zero-order chi connectivity index (χ0) is 28.1. The van der Waals surface area contributed by atoms with Crippen molar-refractivity contribution in [2.75, 3.05) is 7.11 Å². The topological polar surface area (TPSA) is 108 Å². The number of hydrogen-bond donors (Lipinski definition) is 1. The van der Waals surface area contributed by atoms with E-state index in [0.717, 1.165) is 44.1 Å². The molecule has 0 heterocycles. The SMILES string of the molecule is COC(=O)[C@]12CCC(C)(C)C[C@H]1[C@H]1C(=O)C=C3[C@@]4(C)C=C(C#N)C(=O)[C@@](C)(C=N)C4CC[C@@]3(C)[C@]1(C)CC2. The van der Waals surface area contributed by atoms with Gasteiger partial charge in [-0.15, -0.1) is 0 Å². The summed E-state index contributed by atoms with van der Waals surface area (Å²) in [6, 6.07) is 2.10. The van der Waals surface area contributed by atoms with E-state index in [9.17, 15) is 19.6 Å². The lowest BCUT2D eigenvalue weighted by molar-refractivity contribution is -0.190. The van der Waals surface area contributed by atoms with Crippen LogP contribution in [-0.4, -0.2) is 30.9 Å². The van der Waals surface area contributed by atoms with Crippen molar-refractivity contribution in [3.63, 3.8) is 0 Å². The van der Waals surface area contributed by atoms with Gasteiger partial charge in [-0.2, -0.15) is 5.26 Å². The van der Waals surface area contributed by atoms with Crippen LogP contribution in [0.25, 0.3) is 0 Å². The number of nitrogens with zero attached hydrogens (tertiary/aromatic N) is 1. The summed E-state index contributed by atoms with van der Waals surface area (Å²) in [4.78, 5) is 41.0.